The van der Waals surface area contributed by atoms with E-state index in [0.717, 1.165) is 11.3 Å². The summed E-state index contributed by atoms with van der Waals surface area (Å²) in [6, 6.07) is 3.89. The summed E-state index contributed by atoms with van der Waals surface area (Å²) >= 11 is 5.79. The zero-order valence-corrected chi connectivity index (χ0v) is 9.85. The monoisotopic (exact) mass is 213 g/mol. The van der Waals surface area contributed by atoms with Gasteiger partial charge in [0.25, 0.3) is 0 Å². The lowest BCUT2D eigenvalue weighted by molar-refractivity contribution is 0.391. The fourth-order valence-corrected chi connectivity index (χ4v) is 1.28. The van der Waals surface area contributed by atoms with Crippen molar-refractivity contribution in [2.75, 3.05) is 7.11 Å². The van der Waals surface area contributed by atoms with Crippen molar-refractivity contribution in [2.45, 2.75) is 32.1 Å². The van der Waals surface area contributed by atoms with Crippen molar-refractivity contribution in [1.82, 2.24) is 4.98 Å². The van der Waals surface area contributed by atoms with Crippen LogP contribution in [0.2, 0.25) is 0 Å². The van der Waals surface area contributed by atoms with Gasteiger partial charge in [-0.25, -0.2) is 4.98 Å². The molecule has 0 aliphatic rings. The first-order valence-electron chi connectivity index (χ1n) is 4.59. The molecule has 1 aromatic rings. The molecule has 0 saturated carbocycles. The maximum atomic E-state index is 5.79. The highest BCUT2D eigenvalue weighted by molar-refractivity contribution is 6.17. The van der Waals surface area contributed by atoms with Crippen molar-refractivity contribution >= 4 is 11.6 Å². The molecule has 0 amide bonds. The number of nitrogens with zero attached hydrogens (tertiary/aromatic N) is 1. The van der Waals surface area contributed by atoms with Gasteiger partial charge in [0, 0.05) is 17.4 Å². The van der Waals surface area contributed by atoms with E-state index in [-0.39, 0.29) is 5.41 Å². The molecule has 78 valence electrons. The third-order valence-electron chi connectivity index (χ3n) is 1.99. The quantitative estimate of drug-likeness (QED) is 0.705. The average molecular weight is 214 g/mol. The third-order valence-corrected chi connectivity index (χ3v) is 2.30. The van der Waals surface area contributed by atoms with Gasteiger partial charge < -0.3 is 4.74 Å². The second-order valence-corrected chi connectivity index (χ2v) is 4.55. The molecule has 0 atom stereocenters. The molecule has 0 N–H and O–H groups in total. The second-order valence-electron chi connectivity index (χ2n) is 4.29. The summed E-state index contributed by atoms with van der Waals surface area (Å²) in [7, 11) is 1.62. The Hall–Kier alpha value is -0.760. The number of hydrogen-bond acceptors (Lipinski definition) is 2. The first-order valence-corrected chi connectivity index (χ1v) is 5.12. The van der Waals surface area contributed by atoms with Gasteiger partial charge in [-0.15, -0.1) is 11.6 Å². The van der Waals surface area contributed by atoms with E-state index in [4.69, 9.17) is 16.3 Å². The molecule has 0 aliphatic heterocycles. The van der Waals surface area contributed by atoms with Crippen LogP contribution in [0.25, 0.3) is 0 Å². The number of halogens is 1. The Morgan fingerprint density at radius 3 is 2.43 bits per heavy atom. The number of rotatable bonds is 2. The van der Waals surface area contributed by atoms with Gasteiger partial charge >= 0.3 is 0 Å². The predicted octanol–water partition coefficient (Wildman–Crippen LogP) is 3.13. The minimum Gasteiger partial charge on any atom is -0.481 e. The van der Waals surface area contributed by atoms with E-state index in [1.165, 1.54) is 0 Å². The van der Waals surface area contributed by atoms with Crippen LogP contribution in [0.3, 0.4) is 0 Å². The molecular weight excluding hydrogens is 198 g/mol. The molecule has 0 unspecified atom stereocenters. The van der Waals surface area contributed by atoms with Gasteiger partial charge in [-0.05, 0) is 11.6 Å². The van der Waals surface area contributed by atoms with E-state index in [1.54, 1.807) is 7.11 Å². The van der Waals surface area contributed by atoms with Gasteiger partial charge in [-0.1, -0.05) is 20.8 Å². The molecule has 1 heterocycles. The largest absolute Gasteiger partial charge is 0.481 e. The van der Waals surface area contributed by atoms with Crippen LogP contribution in [-0.4, -0.2) is 12.1 Å². The van der Waals surface area contributed by atoms with Gasteiger partial charge in [-0.2, -0.15) is 0 Å². The number of hydrogen-bond donors (Lipinski definition) is 0. The molecule has 0 bridgehead atoms. The number of pyridine rings is 1. The molecule has 0 spiro atoms. The average Bonchev–Trinajstić information content (AvgIpc) is 2.15. The number of methoxy groups -OCH3 is 1. The smallest absolute Gasteiger partial charge is 0.213 e. The Labute approximate surface area is 90.3 Å². The topological polar surface area (TPSA) is 22.1 Å². The Kier molecular flexibility index (Phi) is 3.38. The minimum absolute atomic E-state index is 0.0232. The number of alkyl halides is 1. The van der Waals surface area contributed by atoms with Crippen LogP contribution in [0.1, 0.15) is 32.0 Å². The van der Waals surface area contributed by atoms with Crippen LogP contribution in [-0.2, 0) is 11.3 Å². The number of ether oxygens (including phenoxy) is 1. The Morgan fingerprint density at radius 2 is 2.00 bits per heavy atom. The van der Waals surface area contributed by atoms with Crippen molar-refractivity contribution < 1.29 is 4.74 Å². The first-order chi connectivity index (χ1) is 6.47. The summed E-state index contributed by atoms with van der Waals surface area (Å²) in [6.07, 6.45) is 0. The molecule has 0 aromatic carbocycles. The summed E-state index contributed by atoms with van der Waals surface area (Å²) in [5, 5.41) is 0. The molecule has 0 aliphatic carbocycles. The number of aromatic nitrogens is 1. The summed E-state index contributed by atoms with van der Waals surface area (Å²) in [4.78, 5) is 4.39. The van der Waals surface area contributed by atoms with Crippen molar-refractivity contribution in [2.24, 2.45) is 0 Å². The predicted molar refractivity (Wildman–Crippen MR) is 59.0 cm³/mol. The van der Waals surface area contributed by atoms with E-state index in [9.17, 15) is 0 Å². The van der Waals surface area contributed by atoms with Crippen LogP contribution >= 0.6 is 11.6 Å². The molecule has 3 heteroatoms. The summed E-state index contributed by atoms with van der Waals surface area (Å²) < 4.78 is 5.12. The first kappa shape index (κ1) is 11.3. The Balaban J connectivity index is 3.17. The fourth-order valence-electron chi connectivity index (χ4n) is 1.13. The van der Waals surface area contributed by atoms with Crippen LogP contribution < -0.4 is 4.74 Å². The SMILES string of the molecule is COc1cc(CCl)cc(C(C)(C)C)n1. The highest BCUT2D eigenvalue weighted by Gasteiger charge is 2.17. The van der Waals surface area contributed by atoms with E-state index < -0.39 is 0 Å². The molecular formula is C11H16ClNO. The zero-order valence-electron chi connectivity index (χ0n) is 9.10. The standard InChI is InChI=1S/C11H16ClNO/c1-11(2,3)9-5-8(7-12)6-10(13-9)14-4/h5-6H,7H2,1-4H3. The van der Waals surface area contributed by atoms with Crippen LogP contribution in [0.4, 0.5) is 0 Å². The maximum Gasteiger partial charge on any atom is 0.213 e. The highest BCUT2D eigenvalue weighted by atomic mass is 35.5. The summed E-state index contributed by atoms with van der Waals surface area (Å²) in [5.41, 5.74) is 2.07. The normalized spacial score (nSPS) is 11.5. The minimum atomic E-state index is 0.0232. The zero-order chi connectivity index (χ0) is 10.8. The Bertz CT molecular complexity index is 295. The van der Waals surface area contributed by atoms with Gasteiger partial charge in [0.15, 0.2) is 0 Å². The van der Waals surface area contributed by atoms with Crippen molar-refractivity contribution in [1.29, 1.82) is 0 Å². The second kappa shape index (κ2) is 4.18. The Morgan fingerprint density at radius 1 is 1.36 bits per heavy atom. The van der Waals surface area contributed by atoms with E-state index in [2.05, 4.69) is 25.8 Å². The third kappa shape index (κ3) is 2.61. The van der Waals surface area contributed by atoms with Gasteiger partial charge in [0.1, 0.15) is 0 Å². The lowest BCUT2D eigenvalue weighted by Crippen LogP contribution is -2.14. The van der Waals surface area contributed by atoms with E-state index >= 15 is 0 Å². The van der Waals surface area contributed by atoms with Crippen molar-refractivity contribution in [3.63, 3.8) is 0 Å². The molecule has 1 aromatic heterocycles. The van der Waals surface area contributed by atoms with E-state index in [1.807, 2.05) is 12.1 Å². The van der Waals surface area contributed by atoms with Crippen LogP contribution in [0.5, 0.6) is 5.88 Å². The lowest BCUT2D eigenvalue weighted by Gasteiger charge is -2.19. The molecule has 2 nitrogen and oxygen atoms in total. The molecule has 14 heavy (non-hydrogen) atoms. The molecule has 0 saturated heterocycles. The van der Waals surface area contributed by atoms with Crippen LogP contribution in [0, 0.1) is 0 Å². The van der Waals surface area contributed by atoms with Crippen molar-refractivity contribution in [3.05, 3.63) is 23.4 Å². The maximum absolute atomic E-state index is 5.79. The van der Waals surface area contributed by atoms with Crippen molar-refractivity contribution in [3.8, 4) is 5.88 Å². The van der Waals surface area contributed by atoms with Crippen LogP contribution in [0.15, 0.2) is 12.1 Å². The summed E-state index contributed by atoms with van der Waals surface area (Å²) in [6.45, 7) is 6.35. The van der Waals surface area contributed by atoms with E-state index in [0.29, 0.717) is 11.8 Å². The fraction of sp³-hybridized carbons (Fsp3) is 0.545. The highest BCUT2D eigenvalue weighted by Crippen LogP contribution is 2.24. The van der Waals surface area contributed by atoms with Gasteiger partial charge in [0.05, 0.1) is 12.8 Å². The molecule has 0 radical (unpaired) electrons. The molecule has 0 fully saturated rings. The molecule has 1 rings (SSSR count). The lowest BCUT2D eigenvalue weighted by atomic mass is 9.91. The summed E-state index contributed by atoms with van der Waals surface area (Å²) in [5.74, 6) is 1.12. The van der Waals surface area contributed by atoms with Gasteiger partial charge in [0.2, 0.25) is 5.88 Å². The van der Waals surface area contributed by atoms with Gasteiger partial charge in [-0.3, -0.25) is 0 Å².